The first-order chi connectivity index (χ1) is 13.1. The summed E-state index contributed by atoms with van der Waals surface area (Å²) < 4.78 is 58.8. The van der Waals surface area contributed by atoms with Gasteiger partial charge in [-0.3, -0.25) is 9.36 Å². The van der Waals surface area contributed by atoms with Crippen LogP contribution < -0.4 is 0 Å². The zero-order chi connectivity index (χ0) is 20.9. The fourth-order valence-electron chi connectivity index (χ4n) is 4.47. The SMILES string of the molecule is CCC1(CC)OC[C@@H](c2cc(F)c(F)c(F)c2)N2C(=O)C(P(=O)(O)O)CC[C@H]21. The van der Waals surface area contributed by atoms with Crippen LogP contribution in [0.1, 0.15) is 51.1 Å². The molecule has 156 valence electrons. The second kappa shape index (κ2) is 7.44. The number of benzene rings is 1. The molecule has 0 spiro atoms. The van der Waals surface area contributed by atoms with Crippen molar-refractivity contribution in [1.29, 1.82) is 0 Å². The molecular weight excluding hydrogens is 398 g/mol. The summed E-state index contributed by atoms with van der Waals surface area (Å²) in [5.41, 5.74) is -2.24. The maximum Gasteiger partial charge on any atom is 0.337 e. The average Bonchev–Trinajstić information content (AvgIpc) is 2.64. The second-order valence-corrected chi connectivity index (χ2v) is 9.14. The van der Waals surface area contributed by atoms with Gasteiger partial charge < -0.3 is 19.4 Å². The van der Waals surface area contributed by atoms with Crippen molar-refractivity contribution in [2.45, 2.75) is 62.9 Å². The molecule has 2 N–H and O–H groups in total. The Morgan fingerprint density at radius 3 is 2.25 bits per heavy atom. The summed E-state index contributed by atoms with van der Waals surface area (Å²) in [6, 6.07) is 0.112. The Labute approximate surface area is 160 Å². The van der Waals surface area contributed by atoms with Crippen molar-refractivity contribution < 1.29 is 37.1 Å². The molecule has 0 aromatic heterocycles. The Morgan fingerprint density at radius 2 is 1.75 bits per heavy atom. The minimum Gasteiger partial charge on any atom is -0.370 e. The predicted octanol–water partition coefficient (Wildman–Crippen LogP) is 3.27. The first-order valence-corrected chi connectivity index (χ1v) is 10.9. The quantitative estimate of drug-likeness (QED) is 0.576. The monoisotopic (exact) mass is 421 g/mol. The highest BCUT2D eigenvalue weighted by atomic mass is 31.2. The van der Waals surface area contributed by atoms with Crippen molar-refractivity contribution in [1.82, 2.24) is 4.90 Å². The number of amides is 1. The van der Waals surface area contributed by atoms with Gasteiger partial charge in [0.2, 0.25) is 5.91 Å². The third-order valence-electron chi connectivity index (χ3n) is 6.05. The highest BCUT2D eigenvalue weighted by Gasteiger charge is 2.55. The fraction of sp³-hybridized carbons (Fsp3) is 0.611. The number of hydrogen-bond donors (Lipinski definition) is 2. The molecule has 2 fully saturated rings. The Balaban J connectivity index is 2.09. The van der Waals surface area contributed by atoms with Gasteiger partial charge in [-0.05, 0) is 43.4 Å². The standard InChI is InChI=1S/C18H23F3NO5P/c1-3-18(4-2)15-6-5-14(28(24,25)26)17(23)22(15)13(9-27-18)10-7-11(19)16(21)12(20)8-10/h7-8,13-15H,3-6,9H2,1-2H3,(H2,24,25,26)/t13-,14?,15-/m0/s1. The molecule has 1 aromatic rings. The van der Waals surface area contributed by atoms with E-state index in [0.717, 1.165) is 12.1 Å². The Kier molecular flexibility index (Phi) is 5.66. The van der Waals surface area contributed by atoms with Gasteiger partial charge in [-0.25, -0.2) is 13.2 Å². The molecule has 0 radical (unpaired) electrons. The maximum atomic E-state index is 13.8. The Morgan fingerprint density at radius 1 is 1.18 bits per heavy atom. The molecule has 0 aliphatic carbocycles. The van der Waals surface area contributed by atoms with Crippen molar-refractivity contribution >= 4 is 13.5 Å². The van der Waals surface area contributed by atoms with Crippen molar-refractivity contribution in [3.05, 3.63) is 35.1 Å². The van der Waals surface area contributed by atoms with E-state index >= 15 is 0 Å². The summed E-state index contributed by atoms with van der Waals surface area (Å²) in [5, 5.41) is 0. The van der Waals surface area contributed by atoms with E-state index in [1.54, 1.807) is 0 Å². The number of carbonyl (C=O) groups excluding carboxylic acids is 1. The van der Waals surface area contributed by atoms with Gasteiger partial charge in [-0.1, -0.05) is 13.8 Å². The van der Waals surface area contributed by atoms with E-state index in [0.29, 0.717) is 12.8 Å². The predicted molar refractivity (Wildman–Crippen MR) is 94.0 cm³/mol. The van der Waals surface area contributed by atoms with Crippen LogP contribution in [0.5, 0.6) is 0 Å². The topological polar surface area (TPSA) is 87.1 Å². The summed E-state index contributed by atoms with van der Waals surface area (Å²) >= 11 is 0. The lowest BCUT2D eigenvalue weighted by atomic mass is 9.78. The highest BCUT2D eigenvalue weighted by Crippen LogP contribution is 2.52. The molecule has 28 heavy (non-hydrogen) atoms. The summed E-state index contributed by atoms with van der Waals surface area (Å²) in [4.78, 5) is 33.5. The minimum absolute atomic E-state index is 0.00571. The number of ether oxygens (including phenoxy) is 1. The molecule has 6 nitrogen and oxygen atoms in total. The summed E-state index contributed by atoms with van der Waals surface area (Å²) in [5.74, 6) is -5.18. The first kappa shape index (κ1) is 21.3. The van der Waals surface area contributed by atoms with E-state index in [1.165, 1.54) is 4.90 Å². The van der Waals surface area contributed by atoms with Crippen molar-refractivity contribution in [3.8, 4) is 0 Å². The molecule has 3 rings (SSSR count). The summed E-state index contributed by atoms with van der Waals surface area (Å²) in [6.45, 7) is 3.67. The number of hydrogen-bond acceptors (Lipinski definition) is 3. The van der Waals surface area contributed by atoms with Gasteiger partial charge in [0.15, 0.2) is 17.5 Å². The van der Waals surface area contributed by atoms with E-state index in [-0.39, 0.29) is 25.0 Å². The minimum atomic E-state index is -4.70. The lowest BCUT2D eigenvalue weighted by Crippen LogP contribution is -2.65. The van der Waals surface area contributed by atoms with Crippen LogP contribution in [-0.2, 0) is 14.1 Å². The molecule has 10 heteroatoms. The van der Waals surface area contributed by atoms with Crippen LogP contribution in [0.4, 0.5) is 13.2 Å². The maximum absolute atomic E-state index is 13.8. The van der Waals surface area contributed by atoms with Gasteiger partial charge in [-0.15, -0.1) is 0 Å². The fourth-order valence-corrected chi connectivity index (χ4v) is 5.38. The molecule has 0 saturated carbocycles. The van der Waals surface area contributed by atoms with Crippen molar-refractivity contribution in [2.75, 3.05) is 6.61 Å². The Bertz CT molecular complexity index is 802. The number of rotatable bonds is 4. The largest absolute Gasteiger partial charge is 0.370 e. The van der Waals surface area contributed by atoms with Gasteiger partial charge >= 0.3 is 7.60 Å². The summed E-state index contributed by atoms with van der Waals surface area (Å²) in [6.07, 6.45) is 1.38. The number of piperidine rings is 1. The number of halogens is 3. The number of carbonyl (C=O) groups is 1. The summed E-state index contributed by atoms with van der Waals surface area (Å²) in [7, 11) is -4.70. The van der Waals surface area contributed by atoms with Crippen LogP contribution in [0.15, 0.2) is 12.1 Å². The van der Waals surface area contributed by atoms with Gasteiger partial charge in [0.05, 0.1) is 24.3 Å². The third kappa shape index (κ3) is 3.38. The molecule has 1 unspecified atom stereocenters. The molecule has 2 heterocycles. The normalized spacial score (nSPS) is 27.6. The van der Waals surface area contributed by atoms with Crippen LogP contribution in [0.3, 0.4) is 0 Å². The van der Waals surface area contributed by atoms with Crippen LogP contribution in [0.25, 0.3) is 0 Å². The number of nitrogens with zero attached hydrogens (tertiary/aromatic N) is 1. The number of fused-ring (bicyclic) bond motifs is 1. The van der Waals surface area contributed by atoms with Crippen LogP contribution in [0.2, 0.25) is 0 Å². The van der Waals surface area contributed by atoms with Crippen LogP contribution in [-0.4, -0.2) is 44.5 Å². The zero-order valence-electron chi connectivity index (χ0n) is 15.6. The second-order valence-electron chi connectivity index (χ2n) is 7.34. The molecule has 2 saturated heterocycles. The van der Waals surface area contributed by atoms with Gasteiger partial charge in [0.1, 0.15) is 5.66 Å². The molecule has 0 bridgehead atoms. The van der Waals surface area contributed by atoms with E-state index in [2.05, 4.69) is 0 Å². The van der Waals surface area contributed by atoms with E-state index in [1.807, 2.05) is 13.8 Å². The van der Waals surface area contributed by atoms with E-state index in [9.17, 15) is 32.3 Å². The van der Waals surface area contributed by atoms with E-state index < -0.39 is 54.3 Å². The lowest BCUT2D eigenvalue weighted by molar-refractivity contribution is -0.195. The molecule has 3 atom stereocenters. The first-order valence-electron chi connectivity index (χ1n) is 9.21. The highest BCUT2D eigenvalue weighted by molar-refractivity contribution is 7.53. The van der Waals surface area contributed by atoms with Crippen molar-refractivity contribution in [2.24, 2.45) is 0 Å². The molecule has 1 amide bonds. The van der Waals surface area contributed by atoms with Crippen LogP contribution >= 0.6 is 7.60 Å². The zero-order valence-corrected chi connectivity index (χ0v) is 16.5. The van der Waals surface area contributed by atoms with Gasteiger partial charge in [0, 0.05) is 0 Å². The third-order valence-corrected chi connectivity index (χ3v) is 7.35. The van der Waals surface area contributed by atoms with Gasteiger partial charge in [-0.2, -0.15) is 0 Å². The lowest BCUT2D eigenvalue weighted by Gasteiger charge is -2.56. The molecule has 1 aromatic carbocycles. The average molecular weight is 421 g/mol. The Hall–Kier alpha value is -1.41. The van der Waals surface area contributed by atoms with Crippen LogP contribution in [0, 0.1) is 17.5 Å². The molecular formula is C18H23F3NO5P. The number of morpholine rings is 1. The van der Waals surface area contributed by atoms with Crippen molar-refractivity contribution in [3.63, 3.8) is 0 Å². The molecule has 2 aliphatic rings. The van der Waals surface area contributed by atoms with Gasteiger partial charge in [0.25, 0.3) is 0 Å². The molecule has 2 aliphatic heterocycles. The smallest absolute Gasteiger partial charge is 0.337 e. The van der Waals surface area contributed by atoms with E-state index in [4.69, 9.17) is 4.74 Å².